The molecule has 8 nitrogen and oxygen atoms in total. The van der Waals surface area contributed by atoms with E-state index in [1.54, 1.807) is 13.0 Å². The first-order valence-electron chi connectivity index (χ1n) is 7.98. The normalized spacial score (nSPS) is 23.0. The number of aromatic nitrogens is 2. The summed E-state index contributed by atoms with van der Waals surface area (Å²) in [6.07, 6.45) is 1.37. The highest BCUT2D eigenvalue weighted by Crippen LogP contribution is 2.36. The lowest BCUT2D eigenvalue weighted by atomic mass is 9.92. The number of ether oxygens (including phenoxy) is 1. The summed E-state index contributed by atoms with van der Waals surface area (Å²) in [4.78, 5) is 25.8. The Hall–Kier alpha value is -2.58. The van der Waals surface area contributed by atoms with E-state index >= 15 is 0 Å². The third kappa shape index (κ3) is 3.45. The van der Waals surface area contributed by atoms with Crippen molar-refractivity contribution in [3.63, 3.8) is 0 Å². The molecular formula is C17H20N2O6. The average molecular weight is 348 g/mol. The molecule has 1 fully saturated rings. The number of hydrogen-bond donors (Lipinski definition) is 4. The number of aliphatic hydroxyl groups is 1. The summed E-state index contributed by atoms with van der Waals surface area (Å²) in [6.45, 7) is 1.40. The van der Waals surface area contributed by atoms with Crippen LogP contribution in [-0.2, 0) is 11.2 Å². The number of rotatable bonds is 4. The van der Waals surface area contributed by atoms with E-state index in [2.05, 4.69) is 4.98 Å². The van der Waals surface area contributed by atoms with Crippen LogP contribution in [0.1, 0.15) is 23.8 Å². The molecule has 0 amide bonds. The first-order valence-corrected chi connectivity index (χ1v) is 7.98. The molecule has 1 aromatic heterocycles. The smallest absolute Gasteiger partial charge is 0.330 e. The van der Waals surface area contributed by atoms with Gasteiger partial charge >= 0.3 is 5.69 Å². The Morgan fingerprint density at radius 3 is 2.72 bits per heavy atom. The average Bonchev–Trinajstić information content (AvgIpc) is 2.97. The summed E-state index contributed by atoms with van der Waals surface area (Å²) in [5, 5.41) is 28.6. The van der Waals surface area contributed by atoms with Crippen LogP contribution in [0.3, 0.4) is 0 Å². The van der Waals surface area contributed by atoms with E-state index in [1.807, 2.05) is 0 Å². The lowest BCUT2D eigenvalue weighted by Crippen LogP contribution is -2.33. The Balaban J connectivity index is 1.83. The zero-order chi connectivity index (χ0) is 18.1. The minimum absolute atomic E-state index is 0.0851. The predicted octanol–water partition coefficient (Wildman–Crippen LogP) is 0.395. The molecule has 3 rings (SSSR count). The molecule has 0 unspecified atom stereocenters. The van der Waals surface area contributed by atoms with Crippen LogP contribution in [0.4, 0.5) is 0 Å². The van der Waals surface area contributed by atoms with Gasteiger partial charge in [0, 0.05) is 11.8 Å². The molecule has 0 radical (unpaired) electrons. The molecule has 3 atom stereocenters. The van der Waals surface area contributed by atoms with E-state index < -0.39 is 23.6 Å². The maximum atomic E-state index is 12.0. The van der Waals surface area contributed by atoms with Crippen molar-refractivity contribution in [3.8, 4) is 11.5 Å². The highest BCUT2D eigenvalue weighted by molar-refractivity contribution is 5.40. The third-order valence-corrected chi connectivity index (χ3v) is 4.54. The molecule has 8 heteroatoms. The molecule has 25 heavy (non-hydrogen) atoms. The number of aromatic amines is 1. The number of phenolic OH excluding ortho intramolecular Hbond substituents is 2. The van der Waals surface area contributed by atoms with Gasteiger partial charge in [0.15, 0.2) is 11.5 Å². The van der Waals surface area contributed by atoms with Gasteiger partial charge in [-0.3, -0.25) is 14.3 Å². The maximum Gasteiger partial charge on any atom is 0.330 e. The van der Waals surface area contributed by atoms with Gasteiger partial charge in [-0.05, 0) is 43.4 Å². The molecule has 4 N–H and O–H groups in total. The Kier molecular flexibility index (Phi) is 4.65. The number of hydrogen-bond acceptors (Lipinski definition) is 6. The zero-order valence-corrected chi connectivity index (χ0v) is 13.7. The van der Waals surface area contributed by atoms with Crippen molar-refractivity contribution in [3.05, 3.63) is 56.4 Å². The molecule has 134 valence electrons. The molecule has 1 aromatic carbocycles. The quantitative estimate of drug-likeness (QED) is 0.593. The van der Waals surface area contributed by atoms with E-state index in [-0.39, 0.29) is 24.0 Å². The van der Waals surface area contributed by atoms with Crippen LogP contribution in [0.2, 0.25) is 0 Å². The lowest BCUT2D eigenvalue weighted by molar-refractivity contribution is -0.0326. The Morgan fingerprint density at radius 1 is 1.28 bits per heavy atom. The molecule has 2 heterocycles. The highest BCUT2D eigenvalue weighted by Gasteiger charge is 2.36. The second kappa shape index (κ2) is 6.73. The summed E-state index contributed by atoms with van der Waals surface area (Å²) in [5.41, 5.74) is 0.193. The zero-order valence-electron chi connectivity index (χ0n) is 13.7. The fourth-order valence-electron chi connectivity index (χ4n) is 3.16. The van der Waals surface area contributed by atoms with Crippen LogP contribution in [0.5, 0.6) is 11.5 Å². The summed E-state index contributed by atoms with van der Waals surface area (Å²) in [5.74, 6) is -0.489. The molecule has 0 saturated carbocycles. The lowest BCUT2D eigenvalue weighted by Gasteiger charge is -2.16. The minimum Gasteiger partial charge on any atom is -0.504 e. The molecule has 0 spiro atoms. The van der Waals surface area contributed by atoms with Crippen molar-refractivity contribution >= 4 is 0 Å². The second-order valence-corrected chi connectivity index (χ2v) is 6.31. The molecule has 0 bridgehead atoms. The van der Waals surface area contributed by atoms with Gasteiger partial charge in [0.05, 0.1) is 12.7 Å². The largest absolute Gasteiger partial charge is 0.504 e. The fraction of sp³-hybridized carbons (Fsp3) is 0.412. The second-order valence-electron chi connectivity index (χ2n) is 6.31. The SMILES string of the molecule is Cc1cn([C@H]2C[C@H](Cc3ccc(O)c(O)c3)[C@@H](CO)O2)c(=O)[nH]c1=O. The molecule has 1 saturated heterocycles. The molecule has 2 aromatic rings. The van der Waals surface area contributed by atoms with Crippen LogP contribution < -0.4 is 11.2 Å². The molecule has 1 aliphatic heterocycles. The van der Waals surface area contributed by atoms with Crippen LogP contribution in [0.25, 0.3) is 0 Å². The first-order chi connectivity index (χ1) is 11.9. The Morgan fingerprint density at radius 2 is 2.04 bits per heavy atom. The van der Waals surface area contributed by atoms with Gasteiger partial charge < -0.3 is 20.1 Å². The number of nitrogens with one attached hydrogen (secondary N) is 1. The van der Waals surface area contributed by atoms with Crippen molar-refractivity contribution in [2.45, 2.75) is 32.1 Å². The third-order valence-electron chi connectivity index (χ3n) is 4.54. The van der Waals surface area contributed by atoms with Crippen molar-refractivity contribution in [2.75, 3.05) is 6.61 Å². The number of nitrogens with zero attached hydrogens (tertiary/aromatic N) is 1. The number of phenols is 2. The number of aromatic hydroxyl groups is 2. The first kappa shape index (κ1) is 17.2. The van der Waals surface area contributed by atoms with Gasteiger partial charge in [-0.2, -0.15) is 0 Å². The van der Waals surface area contributed by atoms with Gasteiger partial charge in [-0.1, -0.05) is 6.07 Å². The number of aryl methyl sites for hydroxylation is 1. The summed E-state index contributed by atoms with van der Waals surface area (Å²) in [6, 6.07) is 4.56. The summed E-state index contributed by atoms with van der Waals surface area (Å²) in [7, 11) is 0. The van der Waals surface area contributed by atoms with Gasteiger partial charge in [-0.25, -0.2) is 4.79 Å². The fourth-order valence-corrected chi connectivity index (χ4v) is 3.16. The van der Waals surface area contributed by atoms with Crippen molar-refractivity contribution in [1.82, 2.24) is 9.55 Å². The molecule has 0 aliphatic carbocycles. The van der Waals surface area contributed by atoms with Gasteiger partial charge in [-0.15, -0.1) is 0 Å². The van der Waals surface area contributed by atoms with Crippen LogP contribution in [-0.4, -0.2) is 37.6 Å². The van der Waals surface area contributed by atoms with Crippen molar-refractivity contribution < 1.29 is 20.1 Å². The number of benzene rings is 1. The van der Waals surface area contributed by atoms with E-state index in [9.17, 15) is 24.9 Å². The summed E-state index contributed by atoms with van der Waals surface area (Å²) >= 11 is 0. The van der Waals surface area contributed by atoms with Gasteiger partial charge in [0.1, 0.15) is 6.23 Å². The minimum atomic E-state index is -0.587. The number of H-pyrrole nitrogens is 1. The van der Waals surface area contributed by atoms with Crippen molar-refractivity contribution in [2.24, 2.45) is 5.92 Å². The monoisotopic (exact) mass is 348 g/mol. The van der Waals surface area contributed by atoms with E-state index in [1.165, 1.54) is 22.9 Å². The predicted molar refractivity (Wildman–Crippen MR) is 88.6 cm³/mol. The van der Waals surface area contributed by atoms with E-state index in [0.29, 0.717) is 18.4 Å². The molecular weight excluding hydrogens is 328 g/mol. The van der Waals surface area contributed by atoms with Crippen LogP contribution in [0.15, 0.2) is 34.0 Å². The molecule has 1 aliphatic rings. The summed E-state index contributed by atoms with van der Waals surface area (Å²) < 4.78 is 7.12. The van der Waals surface area contributed by atoms with Gasteiger partial charge in [0.25, 0.3) is 5.56 Å². The Labute approximate surface area is 143 Å². The van der Waals surface area contributed by atoms with E-state index in [0.717, 1.165) is 5.56 Å². The maximum absolute atomic E-state index is 12.0. The van der Waals surface area contributed by atoms with Crippen LogP contribution >= 0.6 is 0 Å². The highest BCUT2D eigenvalue weighted by atomic mass is 16.5. The number of aliphatic hydroxyl groups excluding tert-OH is 1. The van der Waals surface area contributed by atoms with Crippen LogP contribution in [0, 0.1) is 12.8 Å². The van der Waals surface area contributed by atoms with E-state index in [4.69, 9.17) is 4.74 Å². The Bertz CT molecular complexity index is 887. The van der Waals surface area contributed by atoms with Crippen molar-refractivity contribution in [1.29, 1.82) is 0 Å². The topological polar surface area (TPSA) is 125 Å². The standard InChI is InChI=1S/C17H20N2O6/c1-9-7-19(17(24)18-16(9)23)15-6-11(14(8-20)25-15)4-10-2-3-12(21)13(22)5-10/h2-3,5,7,11,14-15,20-22H,4,6,8H2,1H3,(H,18,23,24)/t11-,14+,15+/m0/s1. The van der Waals surface area contributed by atoms with Gasteiger partial charge in [0.2, 0.25) is 0 Å².